The van der Waals surface area contributed by atoms with Gasteiger partial charge in [0.1, 0.15) is 12.1 Å². The van der Waals surface area contributed by atoms with E-state index in [4.69, 9.17) is 14.9 Å². The van der Waals surface area contributed by atoms with Crippen molar-refractivity contribution in [1.82, 2.24) is 10.6 Å². The van der Waals surface area contributed by atoms with Crippen LogP contribution in [-0.4, -0.2) is 59.3 Å². The Balaban J connectivity index is 3.68. The Morgan fingerprint density at radius 3 is 1.48 bits per heavy atom. The molecule has 0 saturated carbocycles. The van der Waals surface area contributed by atoms with E-state index in [-0.39, 0.29) is 30.9 Å². The predicted molar refractivity (Wildman–Crippen MR) is 186 cm³/mol. The van der Waals surface area contributed by atoms with Crippen LogP contribution in [0.4, 0.5) is 0 Å². The average Bonchev–Trinajstić information content (AvgIpc) is 3.03. The Morgan fingerprint density at radius 1 is 0.565 bits per heavy atom. The van der Waals surface area contributed by atoms with Crippen molar-refractivity contribution in [3.63, 3.8) is 0 Å². The van der Waals surface area contributed by atoms with Gasteiger partial charge in [-0.15, -0.1) is 0 Å². The van der Waals surface area contributed by atoms with Gasteiger partial charge in [-0.05, 0) is 32.1 Å². The van der Waals surface area contributed by atoms with Gasteiger partial charge in [0.05, 0.1) is 13.2 Å². The fraction of sp³-hybridized carbons (Fsp3) is 0.892. The number of hydrogen-bond acceptors (Lipinski definition) is 6. The fourth-order valence-corrected chi connectivity index (χ4v) is 5.71. The van der Waals surface area contributed by atoms with Gasteiger partial charge >= 0.3 is 11.9 Å². The smallest absolute Gasteiger partial charge is 0.328 e. The number of carbonyl (C=O) groups is 4. The molecular formula is C37H70N2O7. The third kappa shape index (κ3) is 29.3. The van der Waals surface area contributed by atoms with Gasteiger partial charge in [-0.3, -0.25) is 14.4 Å². The molecule has 4 N–H and O–H groups in total. The van der Waals surface area contributed by atoms with Gasteiger partial charge in [0.15, 0.2) is 0 Å². The Bertz CT molecular complexity index is 762. The van der Waals surface area contributed by atoms with Gasteiger partial charge in [0, 0.05) is 12.8 Å². The maximum atomic E-state index is 12.4. The first-order chi connectivity index (χ1) is 22.3. The summed E-state index contributed by atoms with van der Waals surface area (Å²) in [7, 11) is 0. The number of carboxylic acids is 1. The number of unbranched alkanes of at least 4 members (excludes halogenated alkanes) is 20. The lowest BCUT2D eigenvalue weighted by Gasteiger charge is -2.17. The molecule has 0 fully saturated rings. The number of aliphatic hydroxyl groups is 1. The van der Waals surface area contributed by atoms with E-state index in [2.05, 4.69) is 24.5 Å². The summed E-state index contributed by atoms with van der Waals surface area (Å²) in [5.74, 6) is -2.40. The first-order valence-electron chi connectivity index (χ1n) is 18.9. The maximum absolute atomic E-state index is 12.4. The first-order valence-corrected chi connectivity index (χ1v) is 18.9. The summed E-state index contributed by atoms with van der Waals surface area (Å²) in [6.45, 7) is 3.30. The molecule has 2 amide bonds. The van der Waals surface area contributed by atoms with Gasteiger partial charge in [-0.2, -0.15) is 0 Å². The van der Waals surface area contributed by atoms with Crippen molar-refractivity contribution in [1.29, 1.82) is 0 Å². The zero-order valence-electron chi connectivity index (χ0n) is 29.6. The zero-order valence-corrected chi connectivity index (χ0v) is 29.6. The third-order valence-corrected chi connectivity index (χ3v) is 8.59. The molecule has 0 saturated heterocycles. The molecule has 0 aromatic heterocycles. The van der Waals surface area contributed by atoms with Crippen LogP contribution in [0.2, 0.25) is 0 Å². The average molecular weight is 655 g/mol. The molecule has 0 radical (unpaired) electrons. The summed E-state index contributed by atoms with van der Waals surface area (Å²) in [6, 6.07) is -1.39. The van der Waals surface area contributed by atoms with Crippen molar-refractivity contribution in [2.45, 2.75) is 199 Å². The molecule has 0 aliphatic rings. The van der Waals surface area contributed by atoms with Crippen LogP contribution in [-0.2, 0) is 23.9 Å². The van der Waals surface area contributed by atoms with Crippen LogP contribution >= 0.6 is 0 Å². The Labute approximate surface area is 280 Å². The number of nitrogens with one attached hydrogen (secondary N) is 2. The van der Waals surface area contributed by atoms with Gasteiger partial charge in [0.2, 0.25) is 11.8 Å². The van der Waals surface area contributed by atoms with Crippen molar-refractivity contribution in [2.24, 2.45) is 0 Å². The Kier molecular flexibility index (Phi) is 31.2. The van der Waals surface area contributed by atoms with E-state index in [1.54, 1.807) is 0 Å². The van der Waals surface area contributed by atoms with Crippen LogP contribution in [0.25, 0.3) is 0 Å². The number of ether oxygens (including phenoxy) is 1. The highest BCUT2D eigenvalue weighted by atomic mass is 16.5. The van der Waals surface area contributed by atoms with Crippen molar-refractivity contribution in [3.05, 3.63) is 0 Å². The van der Waals surface area contributed by atoms with Crippen LogP contribution < -0.4 is 10.6 Å². The largest absolute Gasteiger partial charge is 0.480 e. The quantitative estimate of drug-likeness (QED) is 0.0405. The minimum atomic E-state index is -1.39. The van der Waals surface area contributed by atoms with Crippen molar-refractivity contribution in [2.75, 3.05) is 13.2 Å². The number of rotatable bonds is 34. The molecule has 46 heavy (non-hydrogen) atoms. The van der Waals surface area contributed by atoms with E-state index in [9.17, 15) is 19.2 Å². The molecule has 0 aliphatic heterocycles. The summed E-state index contributed by atoms with van der Waals surface area (Å²) < 4.78 is 5.76. The number of carbonyl (C=O) groups excluding carboxylic acids is 3. The SMILES string of the molecule is CCCCCCCCCCCCCCCCCCCCCC(=O)OC(CCC)CCCCCC(=O)NCC(=O)NC(CO)C(=O)O. The molecule has 0 rings (SSSR count). The summed E-state index contributed by atoms with van der Waals surface area (Å²) in [5, 5.41) is 22.4. The van der Waals surface area contributed by atoms with Gasteiger partial charge < -0.3 is 25.6 Å². The molecule has 9 heteroatoms. The normalized spacial score (nSPS) is 12.4. The Hall–Kier alpha value is -2.16. The highest BCUT2D eigenvalue weighted by Crippen LogP contribution is 2.17. The summed E-state index contributed by atoms with van der Waals surface area (Å²) in [6.07, 6.45) is 30.8. The van der Waals surface area contributed by atoms with Gasteiger partial charge in [-0.25, -0.2) is 4.79 Å². The first kappa shape index (κ1) is 43.8. The number of carboxylic acid groups (broad SMARTS) is 1. The molecule has 2 atom stereocenters. The standard InChI is InChI=1S/C37H70N2O7/c1-3-5-6-7-8-9-10-11-12-13-14-15-16-17-18-19-20-21-25-29-36(43)46-32(26-4-2)27-23-22-24-28-34(41)38-30-35(42)39-33(31-40)37(44)45/h32-33,40H,3-31H2,1-2H3,(H,38,41)(H,39,42)(H,44,45). The number of amides is 2. The topological polar surface area (TPSA) is 142 Å². The fourth-order valence-electron chi connectivity index (χ4n) is 5.71. The van der Waals surface area contributed by atoms with E-state index in [1.165, 1.54) is 109 Å². The van der Waals surface area contributed by atoms with Crippen LogP contribution in [0.15, 0.2) is 0 Å². The van der Waals surface area contributed by atoms with Crippen molar-refractivity contribution < 1.29 is 34.1 Å². The van der Waals surface area contributed by atoms with Crippen molar-refractivity contribution >= 4 is 23.8 Å². The molecular weight excluding hydrogens is 584 g/mol. The van der Waals surface area contributed by atoms with Crippen LogP contribution in [0.1, 0.15) is 187 Å². The molecule has 0 spiro atoms. The minimum Gasteiger partial charge on any atom is -0.480 e. The van der Waals surface area contributed by atoms with Crippen molar-refractivity contribution in [3.8, 4) is 0 Å². The summed E-state index contributed by atoms with van der Waals surface area (Å²) >= 11 is 0. The van der Waals surface area contributed by atoms with E-state index in [0.29, 0.717) is 12.8 Å². The van der Waals surface area contributed by atoms with Crippen LogP contribution in [0, 0.1) is 0 Å². The zero-order chi connectivity index (χ0) is 34.1. The number of hydrogen-bond donors (Lipinski definition) is 4. The Morgan fingerprint density at radius 2 is 1.02 bits per heavy atom. The summed E-state index contributed by atoms with van der Waals surface area (Å²) in [5.41, 5.74) is 0. The van der Waals surface area contributed by atoms with E-state index in [0.717, 1.165) is 44.9 Å². The molecule has 0 aromatic rings. The lowest BCUT2D eigenvalue weighted by Crippen LogP contribution is -2.47. The molecule has 270 valence electrons. The molecule has 0 aliphatic carbocycles. The number of aliphatic carboxylic acids is 1. The monoisotopic (exact) mass is 655 g/mol. The third-order valence-electron chi connectivity index (χ3n) is 8.59. The van der Waals surface area contributed by atoms with E-state index < -0.39 is 24.5 Å². The highest BCUT2D eigenvalue weighted by Gasteiger charge is 2.19. The second-order valence-electron chi connectivity index (χ2n) is 13.0. The molecule has 0 aromatic carbocycles. The second-order valence-corrected chi connectivity index (χ2v) is 13.0. The number of aliphatic hydroxyl groups excluding tert-OH is 1. The molecule has 0 heterocycles. The maximum Gasteiger partial charge on any atom is 0.328 e. The van der Waals surface area contributed by atoms with Crippen LogP contribution in [0.5, 0.6) is 0 Å². The van der Waals surface area contributed by atoms with E-state index in [1.807, 2.05) is 0 Å². The molecule has 9 nitrogen and oxygen atoms in total. The van der Waals surface area contributed by atoms with Gasteiger partial charge in [-0.1, -0.05) is 142 Å². The summed E-state index contributed by atoms with van der Waals surface area (Å²) in [4.78, 5) is 46.9. The molecule has 2 unspecified atom stereocenters. The van der Waals surface area contributed by atoms with Gasteiger partial charge in [0.25, 0.3) is 0 Å². The predicted octanol–water partition coefficient (Wildman–Crippen LogP) is 8.15. The van der Waals surface area contributed by atoms with E-state index >= 15 is 0 Å². The minimum absolute atomic E-state index is 0.0796. The molecule has 0 bridgehead atoms. The highest BCUT2D eigenvalue weighted by molar-refractivity contribution is 5.87. The number of esters is 1. The lowest BCUT2D eigenvalue weighted by atomic mass is 10.0. The van der Waals surface area contributed by atoms with Crippen LogP contribution in [0.3, 0.4) is 0 Å². The lowest BCUT2D eigenvalue weighted by molar-refractivity contribution is -0.150. The second kappa shape index (κ2) is 32.8.